The fraction of sp³-hybridized carbons (Fsp3) is 0.462. The zero-order valence-corrected chi connectivity index (χ0v) is 12.6. The van der Waals surface area contributed by atoms with Crippen LogP contribution in [-0.4, -0.2) is 33.6 Å². The van der Waals surface area contributed by atoms with E-state index < -0.39 is 33.7 Å². The molecule has 21 heavy (non-hydrogen) atoms. The molecule has 0 unspecified atom stereocenters. The zero-order chi connectivity index (χ0) is 15.6. The summed E-state index contributed by atoms with van der Waals surface area (Å²) in [7, 11) is 0. The van der Waals surface area contributed by atoms with Gasteiger partial charge in [-0.25, -0.2) is 4.39 Å². The van der Waals surface area contributed by atoms with Crippen molar-refractivity contribution >= 4 is 27.5 Å². The van der Waals surface area contributed by atoms with Crippen molar-refractivity contribution in [1.82, 2.24) is 4.90 Å². The standard InChI is InChI=1S/C13H13BrF2N2O3/c14-6-7-17(8-2-1-3-8)13(19)11-9(15)4-5-10(12(11)16)18(20)21/h4-5,8H,1-3,6-7H2. The first-order valence-corrected chi connectivity index (χ1v) is 7.58. The molecule has 1 aliphatic carbocycles. The van der Waals surface area contributed by atoms with Gasteiger partial charge in [0.15, 0.2) is 0 Å². The Morgan fingerprint density at radius 2 is 2.10 bits per heavy atom. The number of alkyl halides is 1. The highest BCUT2D eigenvalue weighted by Crippen LogP contribution is 2.29. The SMILES string of the molecule is O=C(c1c(F)ccc([N+](=O)[O-])c1F)N(CCBr)C1CCC1. The molecule has 0 aromatic heterocycles. The van der Waals surface area contributed by atoms with E-state index in [9.17, 15) is 23.7 Å². The maximum Gasteiger partial charge on any atom is 0.305 e. The summed E-state index contributed by atoms with van der Waals surface area (Å²) >= 11 is 3.20. The third-order valence-corrected chi connectivity index (χ3v) is 3.94. The number of nitro benzene ring substituents is 1. The van der Waals surface area contributed by atoms with Gasteiger partial charge in [0.2, 0.25) is 5.82 Å². The van der Waals surface area contributed by atoms with Crippen molar-refractivity contribution < 1.29 is 18.5 Å². The molecule has 5 nitrogen and oxygen atoms in total. The van der Waals surface area contributed by atoms with Gasteiger partial charge in [0.25, 0.3) is 5.91 Å². The Balaban J connectivity index is 2.41. The molecule has 114 valence electrons. The molecule has 1 saturated carbocycles. The second-order valence-electron chi connectivity index (χ2n) is 4.78. The fourth-order valence-corrected chi connectivity index (χ4v) is 2.64. The van der Waals surface area contributed by atoms with Crippen molar-refractivity contribution in [3.05, 3.63) is 39.4 Å². The highest BCUT2D eigenvalue weighted by molar-refractivity contribution is 9.09. The van der Waals surface area contributed by atoms with Crippen molar-refractivity contribution in [2.75, 3.05) is 11.9 Å². The molecule has 0 N–H and O–H groups in total. The van der Waals surface area contributed by atoms with E-state index in [2.05, 4.69) is 15.9 Å². The summed E-state index contributed by atoms with van der Waals surface area (Å²) in [6.07, 6.45) is 2.50. The lowest BCUT2D eigenvalue weighted by molar-refractivity contribution is -0.387. The molecule has 0 spiro atoms. The number of amides is 1. The van der Waals surface area contributed by atoms with E-state index in [0.717, 1.165) is 31.4 Å². The van der Waals surface area contributed by atoms with E-state index in [1.54, 1.807) is 0 Å². The third kappa shape index (κ3) is 3.04. The molecule has 0 saturated heterocycles. The topological polar surface area (TPSA) is 63.4 Å². The summed E-state index contributed by atoms with van der Waals surface area (Å²) in [6, 6.07) is 1.41. The number of rotatable bonds is 5. The third-order valence-electron chi connectivity index (χ3n) is 3.58. The van der Waals surface area contributed by atoms with Gasteiger partial charge in [-0.1, -0.05) is 15.9 Å². The van der Waals surface area contributed by atoms with Gasteiger partial charge in [0.05, 0.1) is 4.92 Å². The number of hydrogen-bond acceptors (Lipinski definition) is 3. The Hall–Kier alpha value is -1.57. The molecule has 2 rings (SSSR count). The minimum Gasteiger partial charge on any atom is -0.335 e. The summed E-state index contributed by atoms with van der Waals surface area (Å²) < 4.78 is 27.9. The van der Waals surface area contributed by atoms with Crippen LogP contribution in [0.3, 0.4) is 0 Å². The molecule has 0 bridgehead atoms. The van der Waals surface area contributed by atoms with Gasteiger partial charge in [0.1, 0.15) is 11.4 Å². The Kier molecular flexibility index (Phi) is 4.87. The number of nitrogens with zero attached hydrogens (tertiary/aromatic N) is 2. The van der Waals surface area contributed by atoms with Gasteiger partial charge in [-0.05, 0) is 25.3 Å². The summed E-state index contributed by atoms with van der Waals surface area (Å²) in [5.74, 6) is -3.33. The second kappa shape index (κ2) is 6.46. The van der Waals surface area contributed by atoms with E-state index in [1.807, 2.05) is 0 Å². The van der Waals surface area contributed by atoms with Crippen molar-refractivity contribution in [2.45, 2.75) is 25.3 Å². The van der Waals surface area contributed by atoms with Crippen LogP contribution >= 0.6 is 15.9 Å². The van der Waals surface area contributed by atoms with E-state index in [-0.39, 0.29) is 6.04 Å². The van der Waals surface area contributed by atoms with Crippen LogP contribution in [0.15, 0.2) is 12.1 Å². The van der Waals surface area contributed by atoms with Crippen molar-refractivity contribution in [3.8, 4) is 0 Å². The molecule has 1 fully saturated rings. The van der Waals surface area contributed by atoms with Gasteiger partial charge in [-0.3, -0.25) is 14.9 Å². The molecule has 0 aliphatic heterocycles. The lowest BCUT2D eigenvalue weighted by atomic mass is 9.91. The highest BCUT2D eigenvalue weighted by Gasteiger charge is 2.34. The highest BCUT2D eigenvalue weighted by atomic mass is 79.9. The molecule has 8 heteroatoms. The summed E-state index contributed by atoms with van der Waals surface area (Å²) in [5.41, 5.74) is -1.75. The predicted molar refractivity (Wildman–Crippen MR) is 75.5 cm³/mol. The maximum atomic E-state index is 14.1. The van der Waals surface area contributed by atoms with Gasteiger partial charge in [-0.2, -0.15) is 4.39 Å². The number of carbonyl (C=O) groups is 1. The summed E-state index contributed by atoms with van der Waals surface area (Å²) in [6.45, 7) is 0.297. The summed E-state index contributed by atoms with van der Waals surface area (Å²) in [5, 5.41) is 11.2. The van der Waals surface area contributed by atoms with Gasteiger partial charge in [0, 0.05) is 24.0 Å². The minimum absolute atomic E-state index is 0.0619. The smallest absolute Gasteiger partial charge is 0.305 e. The molecular formula is C13H13BrF2N2O3. The normalized spacial score (nSPS) is 14.6. The number of hydrogen-bond donors (Lipinski definition) is 0. The zero-order valence-electron chi connectivity index (χ0n) is 11.0. The lowest BCUT2D eigenvalue weighted by Crippen LogP contribution is -2.45. The fourth-order valence-electron chi connectivity index (χ4n) is 2.26. The Morgan fingerprint density at radius 1 is 1.43 bits per heavy atom. The molecular weight excluding hydrogens is 350 g/mol. The molecule has 1 amide bonds. The monoisotopic (exact) mass is 362 g/mol. The molecule has 1 aliphatic rings. The predicted octanol–water partition coefficient (Wildman–Crippen LogP) is 3.26. The van der Waals surface area contributed by atoms with Crippen molar-refractivity contribution in [3.63, 3.8) is 0 Å². The first-order valence-electron chi connectivity index (χ1n) is 6.46. The van der Waals surface area contributed by atoms with Crippen LogP contribution in [0.2, 0.25) is 0 Å². The molecule has 0 radical (unpaired) electrons. The number of halogens is 3. The average molecular weight is 363 g/mol. The van der Waals surface area contributed by atoms with Gasteiger partial charge in [-0.15, -0.1) is 0 Å². The van der Waals surface area contributed by atoms with Gasteiger partial charge < -0.3 is 4.90 Å². The number of benzene rings is 1. The van der Waals surface area contributed by atoms with Crippen molar-refractivity contribution in [2.24, 2.45) is 0 Å². The molecule has 1 aromatic carbocycles. The number of carbonyl (C=O) groups excluding carboxylic acids is 1. The Morgan fingerprint density at radius 3 is 2.57 bits per heavy atom. The van der Waals surface area contributed by atoms with Crippen LogP contribution in [0.5, 0.6) is 0 Å². The largest absolute Gasteiger partial charge is 0.335 e. The maximum absolute atomic E-state index is 14.1. The van der Waals surface area contributed by atoms with Crippen LogP contribution < -0.4 is 0 Å². The average Bonchev–Trinajstić information content (AvgIpc) is 2.35. The molecule has 1 aromatic rings. The van der Waals surface area contributed by atoms with Crippen molar-refractivity contribution in [1.29, 1.82) is 0 Å². The molecule has 0 heterocycles. The van der Waals surface area contributed by atoms with E-state index in [0.29, 0.717) is 11.9 Å². The minimum atomic E-state index is -1.41. The van der Waals surface area contributed by atoms with Crippen LogP contribution in [-0.2, 0) is 0 Å². The van der Waals surface area contributed by atoms with Crippen LogP contribution in [0.25, 0.3) is 0 Å². The van der Waals surface area contributed by atoms with E-state index in [1.165, 1.54) is 4.90 Å². The van der Waals surface area contributed by atoms with Crippen LogP contribution in [0, 0.1) is 21.7 Å². The Bertz CT molecular complexity index is 579. The summed E-state index contributed by atoms with van der Waals surface area (Å²) in [4.78, 5) is 23.5. The number of nitro groups is 1. The van der Waals surface area contributed by atoms with E-state index in [4.69, 9.17) is 0 Å². The quantitative estimate of drug-likeness (QED) is 0.458. The second-order valence-corrected chi connectivity index (χ2v) is 5.58. The van der Waals surface area contributed by atoms with E-state index >= 15 is 0 Å². The Labute approximate surface area is 128 Å². The first-order chi connectivity index (χ1) is 9.97. The van der Waals surface area contributed by atoms with Crippen LogP contribution in [0.1, 0.15) is 29.6 Å². The molecule has 0 atom stereocenters. The lowest BCUT2D eigenvalue weighted by Gasteiger charge is -2.37. The first kappa shape index (κ1) is 15.8. The van der Waals surface area contributed by atoms with Crippen LogP contribution in [0.4, 0.5) is 14.5 Å². The van der Waals surface area contributed by atoms with Gasteiger partial charge >= 0.3 is 5.69 Å².